The number of ether oxygens (including phenoxy) is 2. The van der Waals surface area contributed by atoms with Crippen LogP contribution in [0.5, 0.6) is 0 Å². The van der Waals surface area contributed by atoms with E-state index in [4.69, 9.17) is 9.47 Å². The molecule has 0 radical (unpaired) electrons. The third kappa shape index (κ3) is 36.5. The van der Waals surface area contributed by atoms with Crippen LogP contribution in [-0.2, 0) is 14.3 Å². The molecule has 0 aromatic rings. The molecule has 0 aromatic heterocycles. The molecule has 1 aliphatic rings. The van der Waals surface area contributed by atoms with Crippen molar-refractivity contribution in [3.05, 3.63) is 24.3 Å². The number of carbonyl (C=O) groups is 1. The molecule has 70 heavy (non-hydrogen) atoms. The summed E-state index contributed by atoms with van der Waals surface area (Å²) in [5.41, 5.74) is 0. The lowest BCUT2D eigenvalue weighted by atomic mass is 9.98. The van der Waals surface area contributed by atoms with Crippen molar-refractivity contribution in [2.24, 2.45) is 0 Å². The molecule has 11 heteroatoms. The highest BCUT2D eigenvalue weighted by Crippen LogP contribution is 2.23. The molecule has 0 aromatic carbocycles. The van der Waals surface area contributed by atoms with Crippen LogP contribution >= 0.6 is 0 Å². The molecule has 8 N–H and O–H groups in total. The Balaban J connectivity index is 2.33. The molecule has 1 fully saturated rings. The van der Waals surface area contributed by atoms with E-state index >= 15 is 0 Å². The lowest BCUT2D eigenvalue weighted by molar-refractivity contribution is -0.303. The zero-order chi connectivity index (χ0) is 51.1. The summed E-state index contributed by atoms with van der Waals surface area (Å²) in [6.07, 6.45) is 46.6. The molecule has 0 saturated carbocycles. The van der Waals surface area contributed by atoms with E-state index < -0.39 is 74.2 Å². The van der Waals surface area contributed by atoms with Crippen LogP contribution in [0.25, 0.3) is 0 Å². The van der Waals surface area contributed by atoms with Crippen molar-refractivity contribution in [3.63, 3.8) is 0 Å². The first-order valence-electron chi connectivity index (χ1n) is 29.7. The maximum Gasteiger partial charge on any atom is 0.249 e. The predicted octanol–water partition coefficient (Wildman–Crippen LogP) is 12.5. The Hall–Kier alpha value is -1.41. The molecular formula is C59H113NO10. The maximum atomic E-state index is 13.2. The van der Waals surface area contributed by atoms with Gasteiger partial charge in [0.05, 0.1) is 25.4 Å². The number of rotatable bonds is 51. The number of hydrogen-bond acceptors (Lipinski definition) is 10. The van der Waals surface area contributed by atoms with E-state index in [1.807, 2.05) is 0 Å². The van der Waals surface area contributed by atoms with Crippen LogP contribution in [0.4, 0.5) is 0 Å². The fourth-order valence-electron chi connectivity index (χ4n) is 9.64. The second kappa shape index (κ2) is 48.5. The first-order chi connectivity index (χ1) is 34.2. The molecule has 0 bridgehead atoms. The van der Waals surface area contributed by atoms with Gasteiger partial charge in [0, 0.05) is 0 Å². The van der Waals surface area contributed by atoms with Crippen molar-refractivity contribution >= 4 is 5.91 Å². The summed E-state index contributed by atoms with van der Waals surface area (Å²) >= 11 is 0. The normalized spacial score (nSPS) is 20.4. The van der Waals surface area contributed by atoms with Gasteiger partial charge in [0.1, 0.15) is 36.6 Å². The number of nitrogens with one attached hydrogen (secondary N) is 1. The molecule has 1 aliphatic heterocycles. The quantitative estimate of drug-likeness (QED) is 0.0215. The molecule has 0 aliphatic carbocycles. The molecule has 9 unspecified atom stereocenters. The van der Waals surface area contributed by atoms with Gasteiger partial charge in [0.25, 0.3) is 0 Å². The number of allylic oxidation sites excluding steroid dienone is 4. The largest absolute Gasteiger partial charge is 0.394 e. The molecular weight excluding hydrogens is 883 g/mol. The zero-order valence-electron chi connectivity index (χ0n) is 45.3. The Labute approximate surface area is 429 Å². The van der Waals surface area contributed by atoms with Gasteiger partial charge >= 0.3 is 0 Å². The molecule has 11 nitrogen and oxygen atoms in total. The molecule has 1 heterocycles. The molecule has 9 atom stereocenters. The number of hydrogen-bond donors (Lipinski definition) is 8. The van der Waals surface area contributed by atoms with Crippen LogP contribution in [0.2, 0.25) is 0 Å². The molecule has 414 valence electrons. The van der Waals surface area contributed by atoms with Gasteiger partial charge in [-0.15, -0.1) is 0 Å². The van der Waals surface area contributed by atoms with Crippen molar-refractivity contribution in [1.82, 2.24) is 5.32 Å². The Morgan fingerprint density at radius 1 is 0.486 bits per heavy atom. The van der Waals surface area contributed by atoms with Gasteiger partial charge in [-0.05, 0) is 51.4 Å². The molecule has 1 rings (SSSR count). The number of aliphatic hydroxyl groups is 7. The third-order valence-electron chi connectivity index (χ3n) is 14.5. The van der Waals surface area contributed by atoms with Gasteiger partial charge in [-0.3, -0.25) is 4.79 Å². The van der Waals surface area contributed by atoms with E-state index in [1.54, 1.807) is 0 Å². The van der Waals surface area contributed by atoms with E-state index in [2.05, 4.69) is 43.5 Å². The van der Waals surface area contributed by atoms with Crippen LogP contribution in [0.3, 0.4) is 0 Å². The minimum atomic E-state index is -1.67. The Morgan fingerprint density at radius 2 is 0.857 bits per heavy atom. The van der Waals surface area contributed by atoms with E-state index in [1.165, 1.54) is 193 Å². The highest BCUT2D eigenvalue weighted by Gasteiger charge is 2.44. The first-order valence-corrected chi connectivity index (χ1v) is 29.7. The van der Waals surface area contributed by atoms with Crippen LogP contribution in [0.15, 0.2) is 24.3 Å². The smallest absolute Gasteiger partial charge is 0.249 e. The number of carbonyl (C=O) groups excluding carboxylic acids is 1. The van der Waals surface area contributed by atoms with Crippen molar-refractivity contribution in [2.75, 3.05) is 13.2 Å². The summed E-state index contributed by atoms with van der Waals surface area (Å²) in [5.74, 6) is -0.706. The monoisotopic (exact) mass is 996 g/mol. The van der Waals surface area contributed by atoms with Crippen LogP contribution in [-0.4, -0.2) is 110 Å². The first kappa shape index (κ1) is 66.6. The van der Waals surface area contributed by atoms with E-state index in [0.29, 0.717) is 19.3 Å². The van der Waals surface area contributed by atoms with Gasteiger partial charge in [0.2, 0.25) is 5.91 Å². The lowest BCUT2D eigenvalue weighted by Crippen LogP contribution is -2.60. The maximum absolute atomic E-state index is 13.2. The minimum Gasteiger partial charge on any atom is -0.394 e. The highest BCUT2D eigenvalue weighted by atomic mass is 16.7. The van der Waals surface area contributed by atoms with Gasteiger partial charge in [0.15, 0.2) is 6.29 Å². The summed E-state index contributed by atoms with van der Waals surface area (Å²) < 4.78 is 11.1. The SMILES string of the molecule is CCCCCCCCCCCCCCCC/C=C/CC/C=C/CCCC(O)C(O)C(COC1OC(CO)C(O)C(O)C1O)NC(=O)C(O)CCCCCCCCCCCCCCCCCCCCCC. The van der Waals surface area contributed by atoms with Gasteiger partial charge in [-0.25, -0.2) is 0 Å². The second-order valence-corrected chi connectivity index (χ2v) is 21.1. The van der Waals surface area contributed by atoms with Crippen molar-refractivity contribution in [1.29, 1.82) is 0 Å². The summed E-state index contributed by atoms with van der Waals surface area (Å²) in [5, 5.41) is 76.1. The van der Waals surface area contributed by atoms with Crippen molar-refractivity contribution in [3.8, 4) is 0 Å². The molecule has 1 saturated heterocycles. The summed E-state index contributed by atoms with van der Waals surface area (Å²) in [7, 11) is 0. The van der Waals surface area contributed by atoms with Gasteiger partial charge < -0.3 is 50.5 Å². The fraction of sp³-hybridized carbons (Fsp3) is 0.915. The summed E-state index contributed by atoms with van der Waals surface area (Å²) in [6.45, 7) is 3.47. The Bertz CT molecular complexity index is 1190. The van der Waals surface area contributed by atoms with E-state index in [-0.39, 0.29) is 12.8 Å². The predicted molar refractivity (Wildman–Crippen MR) is 289 cm³/mol. The van der Waals surface area contributed by atoms with Gasteiger partial charge in [-0.2, -0.15) is 0 Å². The van der Waals surface area contributed by atoms with Gasteiger partial charge in [-0.1, -0.05) is 250 Å². The lowest BCUT2D eigenvalue weighted by Gasteiger charge is -2.40. The Morgan fingerprint density at radius 3 is 1.27 bits per heavy atom. The topological polar surface area (TPSA) is 189 Å². The summed E-state index contributed by atoms with van der Waals surface area (Å²) in [4.78, 5) is 13.2. The molecule has 0 spiro atoms. The summed E-state index contributed by atoms with van der Waals surface area (Å²) in [6, 6.07) is -1.19. The van der Waals surface area contributed by atoms with Crippen LogP contribution in [0, 0.1) is 0 Å². The average molecular weight is 997 g/mol. The van der Waals surface area contributed by atoms with E-state index in [9.17, 15) is 40.5 Å². The number of unbranched alkanes of at least 4 members (excludes halogenated alkanes) is 35. The van der Waals surface area contributed by atoms with E-state index in [0.717, 1.165) is 38.5 Å². The number of aliphatic hydroxyl groups excluding tert-OH is 7. The molecule has 1 amide bonds. The van der Waals surface area contributed by atoms with Crippen molar-refractivity contribution < 1.29 is 50.0 Å². The number of amides is 1. The van der Waals surface area contributed by atoms with Crippen LogP contribution < -0.4 is 5.32 Å². The third-order valence-corrected chi connectivity index (χ3v) is 14.5. The Kier molecular flexibility index (Phi) is 46.2. The highest BCUT2D eigenvalue weighted by molar-refractivity contribution is 5.80. The standard InChI is InChI=1S/C59H113NO10/c1-3-5-7-9-11-13-15-17-19-21-23-25-26-27-29-30-32-34-36-38-40-42-44-46-51(62)54(64)50(49-69-59-57(67)56(66)55(65)53(48-61)70-59)60-58(68)52(63)47-45-43-41-39-37-35-33-31-28-24-22-20-18-16-14-12-10-8-6-4-2/h30,32,38,40,50-57,59,61-67H,3-29,31,33-37,39,41-49H2,1-2H3,(H,60,68)/b32-30+,40-38+. The van der Waals surface area contributed by atoms with Crippen molar-refractivity contribution in [2.45, 2.75) is 332 Å². The van der Waals surface area contributed by atoms with Crippen LogP contribution in [0.1, 0.15) is 277 Å². The second-order valence-electron chi connectivity index (χ2n) is 21.1. The minimum absolute atomic E-state index is 0.249. The average Bonchev–Trinajstić information content (AvgIpc) is 3.36. The fourth-order valence-corrected chi connectivity index (χ4v) is 9.64. The zero-order valence-corrected chi connectivity index (χ0v) is 45.3.